The molecule has 1 aliphatic heterocycles. The molecule has 2 aromatic rings. The highest BCUT2D eigenvalue weighted by Crippen LogP contribution is 2.37. The van der Waals surface area contributed by atoms with Gasteiger partial charge in [-0.3, -0.25) is 14.6 Å². The largest absolute Gasteiger partial charge is 0.414 e. The molecule has 33 heavy (non-hydrogen) atoms. The Morgan fingerprint density at radius 3 is 2.64 bits per heavy atom. The maximum absolute atomic E-state index is 13.9. The van der Waals surface area contributed by atoms with E-state index in [1.165, 1.54) is 17.8 Å². The number of halogens is 4. The van der Waals surface area contributed by atoms with Crippen molar-refractivity contribution in [2.75, 3.05) is 18.9 Å². The van der Waals surface area contributed by atoms with E-state index in [0.29, 0.717) is 15.6 Å². The minimum absolute atomic E-state index is 0.0395. The molecule has 1 fully saturated rings. The number of carbonyl (C=O) groups is 2. The molecule has 1 aromatic heterocycles. The van der Waals surface area contributed by atoms with E-state index in [1.807, 2.05) is 18.2 Å². The maximum Gasteiger partial charge on any atom is 0.414 e. The lowest BCUT2D eigenvalue weighted by atomic mass is 9.96. The molecule has 0 unspecified atom stereocenters. The average Bonchev–Trinajstić information content (AvgIpc) is 3.15. The summed E-state index contributed by atoms with van der Waals surface area (Å²) in [7, 11) is 1.13. The fraction of sp³-hybridized carbons (Fsp3) is 0.435. The molecule has 10 heteroatoms. The van der Waals surface area contributed by atoms with Crippen LogP contribution in [0.15, 0.2) is 36.5 Å². The molecule has 1 saturated heterocycles. The number of hydrogen-bond donors (Lipinski definition) is 2. The fourth-order valence-corrected chi connectivity index (χ4v) is 4.72. The van der Waals surface area contributed by atoms with Crippen LogP contribution in [0, 0.1) is 5.92 Å². The van der Waals surface area contributed by atoms with Crippen LogP contribution in [0.1, 0.15) is 35.7 Å². The van der Waals surface area contributed by atoms with Crippen molar-refractivity contribution >= 4 is 29.1 Å². The van der Waals surface area contributed by atoms with E-state index in [2.05, 4.69) is 15.6 Å². The van der Waals surface area contributed by atoms with Crippen molar-refractivity contribution in [2.45, 2.75) is 43.9 Å². The number of alkyl halides is 3. The predicted octanol–water partition coefficient (Wildman–Crippen LogP) is 3.90. The van der Waals surface area contributed by atoms with Crippen LogP contribution in [0.25, 0.3) is 0 Å². The lowest BCUT2D eigenvalue weighted by Gasteiger charge is -2.33. The molecule has 0 spiro atoms. The van der Waals surface area contributed by atoms with Crippen molar-refractivity contribution in [2.24, 2.45) is 5.92 Å². The Kier molecular flexibility index (Phi) is 6.52. The summed E-state index contributed by atoms with van der Waals surface area (Å²) in [4.78, 5) is 28.8. The van der Waals surface area contributed by atoms with Gasteiger partial charge in [-0.2, -0.15) is 13.2 Å². The Morgan fingerprint density at radius 1 is 1.24 bits per heavy atom. The highest BCUT2D eigenvalue weighted by molar-refractivity contribution is 6.30. The van der Waals surface area contributed by atoms with Gasteiger partial charge in [-0.15, -0.1) is 0 Å². The Morgan fingerprint density at radius 2 is 2.00 bits per heavy atom. The van der Waals surface area contributed by atoms with Crippen molar-refractivity contribution in [3.05, 3.63) is 58.4 Å². The molecule has 2 N–H and O–H groups in total. The summed E-state index contributed by atoms with van der Waals surface area (Å²) in [6.07, 6.45) is -1.44. The highest BCUT2D eigenvalue weighted by Gasteiger charge is 2.47. The summed E-state index contributed by atoms with van der Waals surface area (Å²) in [5.41, 5.74) is 2.69. The number of nitrogens with zero attached hydrogens (tertiary/aromatic N) is 2. The molecule has 1 aromatic carbocycles. The number of pyridine rings is 1. The van der Waals surface area contributed by atoms with Crippen LogP contribution in [0.2, 0.25) is 5.02 Å². The number of fused-ring (bicyclic) bond motifs is 1. The second-order valence-corrected chi connectivity index (χ2v) is 9.00. The van der Waals surface area contributed by atoms with Crippen LogP contribution in [0.3, 0.4) is 0 Å². The Bertz CT molecular complexity index is 1030. The van der Waals surface area contributed by atoms with E-state index >= 15 is 0 Å². The van der Waals surface area contributed by atoms with Crippen molar-refractivity contribution < 1.29 is 22.8 Å². The van der Waals surface area contributed by atoms with Gasteiger partial charge in [0.2, 0.25) is 11.8 Å². The van der Waals surface area contributed by atoms with E-state index in [0.717, 1.165) is 25.5 Å². The first-order valence-electron chi connectivity index (χ1n) is 10.7. The summed E-state index contributed by atoms with van der Waals surface area (Å²) >= 11 is 6.05. The zero-order chi connectivity index (χ0) is 23.8. The summed E-state index contributed by atoms with van der Waals surface area (Å²) < 4.78 is 41.8. The SMILES string of the molecule is CN(C(=O)[C@H]1CCC(=O)NC1)[C@@H](c1ccc(N[C@H]2Cc3ccc(Cl)cc3C2)cn1)C(F)(F)F. The van der Waals surface area contributed by atoms with Gasteiger partial charge < -0.3 is 15.5 Å². The van der Waals surface area contributed by atoms with Crippen LogP contribution in [-0.4, -0.2) is 47.5 Å². The number of anilines is 1. The van der Waals surface area contributed by atoms with Gasteiger partial charge in [0.15, 0.2) is 6.04 Å². The van der Waals surface area contributed by atoms with Gasteiger partial charge in [-0.05, 0) is 54.7 Å². The zero-order valence-electron chi connectivity index (χ0n) is 18.0. The van der Waals surface area contributed by atoms with Crippen molar-refractivity contribution in [1.82, 2.24) is 15.2 Å². The molecule has 0 bridgehead atoms. The van der Waals surface area contributed by atoms with Crippen molar-refractivity contribution in [1.29, 1.82) is 0 Å². The molecule has 176 valence electrons. The van der Waals surface area contributed by atoms with E-state index < -0.39 is 24.0 Å². The topological polar surface area (TPSA) is 74.3 Å². The van der Waals surface area contributed by atoms with Gasteiger partial charge in [-0.1, -0.05) is 17.7 Å². The molecule has 2 aliphatic rings. The standard InChI is InChI=1S/C23H24ClF3N4O2/c1-31(22(33)14-3-7-20(32)29-11-14)21(23(25,26)27)19-6-5-17(12-28-19)30-18-9-13-2-4-16(24)8-15(13)10-18/h2,4-6,8,12,14,18,21,30H,3,7,9-11H2,1H3,(H,29,32)/t14-,18-,21-/m0/s1. The molecule has 2 heterocycles. The molecular weight excluding hydrogens is 457 g/mol. The van der Waals surface area contributed by atoms with Gasteiger partial charge >= 0.3 is 6.18 Å². The number of piperidine rings is 1. The fourth-order valence-electron chi connectivity index (χ4n) is 4.52. The minimum atomic E-state index is -4.70. The first kappa shape index (κ1) is 23.4. The maximum atomic E-state index is 13.9. The summed E-state index contributed by atoms with van der Waals surface area (Å²) in [5.74, 6) is -1.55. The number of rotatable bonds is 5. The van der Waals surface area contributed by atoms with Crippen LogP contribution >= 0.6 is 11.6 Å². The van der Waals surface area contributed by atoms with Crippen molar-refractivity contribution in [3.63, 3.8) is 0 Å². The Labute approximate surface area is 194 Å². The van der Waals surface area contributed by atoms with Gasteiger partial charge in [-0.25, -0.2) is 0 Å². The second kappa shape index (κ2) is 9.21. The smallest absolute Gasteiger partial charge is 0.380 e. The Balaban J connectivity index is 1.45. The van der Waals surface area contributed by atoms with Gasteiger partial charge in [0.1, 0.15) is 0 Å². The number of carbonyl (C=O) groups excluding carboxylic acids is 2. The van der Waals surface area contributed by atoms with Crippen LogP contribution in [0.4, 0.5) is 18.9 Å². The average molecular weight is 481 g/mol. The van der Waals surface area contributed by atoms with E-state index in [1.54, 1.807) is 6.07 Å². The van der Waals surface area contributed by atoms with E-state index in [-0.39, 0.29) is 37.0 Å². The van der Waals surface area contributed by atoms with Gasteiger partial charge in [0, 0.05) is 31.1 Å². The molecule has 3 atom stereocenters. The molecule has 0 saturated carbocycles. The van der Waals surface area contributed by atoms with Crippen LogP contribution < -0.4 is 10.6 Å². The lowest BCUT2D eigenvalue weighted by Crippen LogP contribution is -2.47. The normalized spacial score (nSPS) is 21.2. The summed E-state index contributed by atoms with van der Waals surface area (Å²) in [6.45, 7) is 0.0395. The summed E-state index contributed by atoms with van der Waals surface area (Å²) in [5, 5.41) is 6.52. The third-order valence-corrected chi connectivity index (χ3v) is 6.43. The number of nitrogens with one attached hydrogen (secondary N) is 2. The third kappa shape index (κ3) is 5.24. The molecular formula is C23H24ClF3N4O2. The first-order chi connectivity index (χ1) is 15.6. The minimum Gasteiger partial charge on any atom is -0.380 e. The monoisotopic (exact) mass is 480 g/mol. The number of aromatic nitrogens is 1. The quantitative estimate of drug-likeness (QED) is 0.680. The highest BCUT2D eigenvalue weighted by atomic mass is 35.5. The number of hydrogen-bond acceptors (Lipinski definition) is 4. The molecule has 1 aliphatic carbocycles. The van der Waals surface area contributed by atoms with E-state index in [4.69, 9.17) is 11.6 Å². The second-order valence-electron chi connectivity index (χ2n) is 8.57. The van der Waals surface area contributed by atoms with E-state index in [9.17, 15) is 22.8 Å². The number of benzene rings is 1. The lowest BCUT2D eigenvalue weighted by molar-refractivity contribution is -0.191. The molecule has 6 nitrogen and oxygen atoms in total. The Hall–Kier alpha value is -2.81. The number of amides is 2. The molecule has 2 amide bonds. The van der Waals surface area contributed by atoms with Gasteiger partial charge in [0.25, 0.3) is 0 Å². The first-order valence-corrected chi connectivity index (χ1v) is 11.1. The molecule has 0 radical (unpaired) electrons. The third-order valence-electron chi connectivity index (χ3n) is 6.20. The van der Waals surface area contributed by atoms with Crippen LogP contribution in [-0.2, 0) is 22.4 Å². The van der Waals surface area contributed by atoms with Crippen LogP contribution in [0.5, 0.6) is 0 Å². The zero-order valence-corrected chi connectivity index (χ0v) is 18.7. The van der Waals surface area contributed by atoms with Gasteiger partial charge in [0.05, 0.1) is 23.5 Å². The molecule has 4 rings (SSSR count). The summed E-state index contributed by atoms with van der Waals surface area (Å²) in [6, 6.07) is 6.53. The predicted molar refractivity (Wildman–Crippen MR) is 118 cm³/mol. The van der Waals surface area contributed by atoms with Crippen molar-refractivity contribution in [3.8, 4) is 0 Å².